The van der Waals surface area contributed by atoms with E-state index in [1.807, 2.05) is 6.07 Å². The predicted molar refractivity (Wildman–Crippen MR) is 80.9 cm³/mol. The van der Waals surface area contributed by atoms with Crippen LogP contribution in [0.3, 0.4) is 0 Å². The molecular formula is C13H12BrN3O2S. The van der Waals surface area contributed by atoms with Crippen molar-refractivity contribution in [2.75, 3.05) is 13.1 Å². The molecule has 0 bridgehead atoms. The van der Waals surface area contributed by atoms with Crippen molar-refractivity contribution >= 4 is 39.1 Å². The number of thiazole rings is 1. The van der Waals surface area contributed by atoms with Crippen LogP contribution in [-0.4, -0.2) is 29.9 Å². The molecule has 1 heterocycles. The normalized spacial score (nSPS) is 10.1. The molecule has 0 spiro atoms. The number of halogens is 1. The molecule has 2 aromatic rings. The highest BCUT2D eigenvalue weighted by molar-refractivity contribution is 9.10. The summed E-state index contributed by atoms with van der Waals surface area (Å²) in [4.78, 5) is 27.3. The third-order valence-electron chi connectivity index (χ3n) is 2.45. The maximum absolute atomic E-state index is 11.8. The number of hydrogen-bond acceptors (Lipinski definition) is 4. The number of nitrogens with zero attached hydrogens (tertiary/aromatic N) is 1. The molecule has 5 nitrogen and oxygen atoms in total. The Morgan fingerprint density at radius 3 is 2.60 bits per heavy atom. The minimum Gasteiger partial charge on any atom is -0.350 e. The average Bonchev–Trinajstić information content (AvgIpc) is 2.97. The lowest BCUT2D eigenvalue weighted by molar-refractivity contribution is 0.0925. The van der Waals surface area contributed by atoms with Gasteiger partial charge in [0.2, 0.25) is 0 Å². The molecule has 2 rings (SSSR count). The van der Waals surface area contributed by atoms with Gasteiger partial charge in [-0.3, -0.25) is 9.59 Å². The van der Waals surface area contributed by atoms with Gasteiger partial charge in [-0.15, -0.1) is 11.3 Å². The van der Waals surface area contributed by atoms with Gasteiger partial charge in [-0.2, -0.15) is 0 Å². The van der Waals surface area contributed by atoms with Crippen molar-refractivity contribution in [2.45, 2.75) is 0 Å². The molecule has 0 aliphatic heterocycles. The average molecular weight is 354 g/mol. The van der Waals surface area contributed by atoms with E-state index in [0.717, 1.165) is 4.47 Å². The molecule has 0 atom stereocenters. The molecule has 0 unspecified atom stereocenters. The molecule has 1 aromatic carbocycles. The monoisotopic (exact) mass is 353 g/mol. The van der Waals surface area contributed by atoms with Crippen LogP contribution in [0.15, 0.2) is 39.6 Å². The van der Waals surface area contributed by atoms with Gasteiger partial charge in [0.1, 0.15) is 5.69 Å². The van der Waals surface area contributed by atoms with E-state index in [9.17, 15) is 9.59 Å². The Balaban J connectivity index is 1.73. The molecule has 0 aliphatic carbocycles. The Hall–Kier alpha value is -1.73. The van der Waals surface area contributed by atoms with Crippen molar-refractivity contribution in [3.63, 3.8) is 0 Å². The number of carbonyl (C=O) groups is 2. The second-order valence-corrected chi connectivity index (χ2v) is 5.53. The van der Waals surface area contributed by atoms with Gasteiger partial charge in [0.15, 0.2) is 0 Å². The zero-order chi connectivity index (χ0) is 14.4. The highest BCUT2D eigenvalue weighted by Crippen LogP contribution is 2.11. The Morgan fingerprint density at radius 1 is 1.20 bits per heavy atom. The van der Waals surface area contributed by atoms with Crippen LogP contribution in [0.1, 0.15) is 20.8 Å². The summed E-state index contributed by atoms with van der Waals surface area (Å²) < 4.78 is 0.849. The van der Waals surface area contributed by atoms with Crippen LogP contribution in [0.4, 0.5) is 0 Å². The van der Waals surface area contributed by atoms with Crippen molar-refractivity contribution in [2.24, 2.45) is 0 Å². The van der Waals surface area contributed by atoms with Crippen LogP contribution in [0.5, 0.6) is 0 Å². The van der Waals surface area contributed by atoms with Gasteiger partial charge in [0.05, 0.1) is 5.51 Å². The molecule has 1 aromatic heterocycles. The predicted octanol–water partition coefficient (Wildman–Crippen LogP) is 2.07. The van der Waals surface area contributed by atoms with Crippen molar-refractivity contribution < 1.29 is 9.59 Å². The second kappa shape index (κ2) is 7.16. The number of aromatic nitrogens is 1. The number of amides is 2. The van der Waals surface area contributed by atoms with Crippen LogP contribution in [0, 0.1) is 0 Å². The molecule has 0 fully saturated rings. The van der Waals surface area contributed by atoms with E-state index in [4.69, 9.17) is 0 Å². The first-order chi connectivity index (χ1) is 9.66. The zero-order valence-electron chi connectivity index (χ0n) is 10.4. The Morgan fingerprint density at radius 2 is 1.95 bits per heavy atom. The highest BCUT2D eigenvalue weighted by atomic mass is 79.9. The zero-order valence-corrected chi connectivity index (χ0v) is 12.8. The topological polar surface area (TPSA) is 71.1 Å². The molecule has 0 saturated carbocycles. The summed E-state index contributed by atoms with van der Waals surface area (Å²) in [7, 11) is 0. The molecule has 20 heavy (non-hydrogen) atoms. The molecule has 2 N–H and O–H groups in total. The minimum atomic E-state index is -0.233. The summed E-state index contributed by atoms with van der Waals surface area (Å²) in [6, 6.07) is 7.12. The summed E-state index contributed by atoms with van der Waals surface area (Å²) in [5.41, 5.74) is 2.57. The van der Waals surface area contributed by atoms with Gasteiger partial charge in [-0.1, -0.05) is 22.0 Å². The fourth-order valence-corrected chi connectivity index (χ4v) is 2.43. The summed E-state index contributed by atoms with van der Waals surface area (Å²) in [5, 5.41) is 7.10. The van der Waals surface area contributed by atoms with Crippen LogP contribution in [0.25, 0.3) is 0 Å². The van der Waals surface area contributed by atoms with E-state index in [0.29, 0.717) is 24.3 Å². The standard InChI is InChI=1S/C13H12BrN3O2S/c14-10-3-1-2-9(6-10)12(18)15-4-5-16-13(19)11-7-20-8-17-11/h1-3,6-8H,4-5H2,(H,15,18)(H,16,19). The van der Waals surface area contributed by atoms with Crippen LogP contribution < -0.4 is 10.6 Å². The molecular weight excluding hydrogens is 342 g/mol. The van der Waals surface area contributed by atoms with Gasteiger partial charge >= 0.3 is 0 Å². The van der Waals surface area contributed by atoms with Crippen molar-refractivity contribution in [1.82, 2.24) is 15.6 Å². The van der Waals surface area contributed by atoms with E-state index >= 15 is 0 Å². The highest BCUT2D eigenvalue weighted by Gasteiger charge is 2.07. The minimum absolute atomic E-state index is 0.172. The maximum Gasteiger partial charge on any atom is 0.270 e. The van der Waals surface area contributed by atoms with E-state index in [1.54, 1.807) is 29.1 Å². The lowest BCUT2D eigenvalue weighted by atomic mass is 10.2. The first kappa shape index (κ1) is 14.7. The molecule has 104 valence electrons. The largest absolute Gasteiger partial charge is 0.350 e. The van der Waals surface area contributed by atoms with Crippen molar-refractivity contribution in [3.05, 3.63) is 50.9 Å². The molecule has 2 amide bonds. The lowest BCUT2D eigenvalue weighted by Gasteiger charge is -2.06. The summed E-state index contributed by atoms with van der Waals surface area (Å²) in [5.74, 6) is -0.405. The van der Waals surface area contributed by atoms with Crippen LogP contribution in [-0.2, 0) is 0 Å². The first-order valence-corrected chi connectivity index (χ1v) is 7.60. The Bertz CT molecular complexity index is 601. The quantitative estimate of drug-likeness (QED) is 0.808. The molecule has 7 heteroatoms. The smallest absolute Gasteiger partial charge is 0.270 e. The number of benzene rings is 1. The maximum atomic E-state index is 11.8. The van der Waals surface area contributed by atoms with E-state index in [-0.39, 0.29) is 11.8 Å². The third kappa shape index (κ3) is 4.14. The fraction of sp³-hybridized carbons (Fsp3) is 0.154. The van der Waals surface area contributed by atoms with E-state index < -0.39 is 0 Å². The second-order valence-electron chi connectivity index (χ2n) is 3.90. The van der Waals surface area contributed by atoms with Gasteiger partial charge in [0.25, 0.3) is 11.8 Å². The third-order valence-corrected chi connectivity index (χ3v) is 3.53. The fourth-order valence-electron chi connectivity index (χ4n) is 1.50. The number of rotatable bonds is 5. The number of hydrogen-bond donors (Lipinski definition) is 2. The Labute approximate surface area is 128 Å². The van der Waals surface area contributed by atoms with Crippen LogP contribution >= 0.6 is 27.3 Å². The van der Waals surface area contributed by atoms with Crippen molar-refractivity contribution in [1.29, 1.82) is 0 Å². The van der Waals surface area contributed by atoms with Gasteiger partial charge < -0.3 is 10.6 Å². The number of nitrogens with one attached hydrogen (secondary N) is 2. The van der Waals surface area contributed by atoms with E-state index in [2.05, 4.69) is 31.5 Å². The van der Waals surface area contributed by atoms with Gasteiger partial charge in [-0.25, -0.2) is 4.98 Å². The first-order valence-electron chi connectivity index (χ1n) is 5.87. The lowest BCUT2D eigenvalue weighted by Crippen LogP contribution is -2.34. The molecule has 0 aliphatic rings. The van der Waals surface area contributed by atoms with Gasteiger partial charge in [0, 0.05) is 28.5 Å². The van der Waals surface area contributed by atoms with Crippen LogP contribution in [0.2, 0.25) is 0 Å². The van der Waals surface area contributed by atoms with Gasteiger partial charge in [-0.05, 0) is 18.2 Å². The number of carbonyl (C=O) groups excluding carboxylic acids is 2. The summed E-state index contributed by atoms with van der Waals surface area (Å²) >= 11 is 4.67. The molecule has 0 saturated heterocycles. The van der Waals surface area contributed by atoms with E-state index in [1.165, 1.54) is 11.3 Å². The summed E-state index contributed by atoms with van der Waals surface area (Å²) in [6.07, 6.45) is 0. The SMILES string of the molecule is O=C(NCCNC(=O)c1cscn1)c1cccc(Br)c1. The summed E-state index contributed by atoms with van der Waals surface area (Å²) in [6.45, 7) is 0.720. The van der Waals surface area contributed by atoms with Crippen molar-refractivity contribution in [3.8, 4) is 0 Å². The Kier molecular flexibility index (Phi) is 5.25. The molecule has 0 radical (unpaired) electrons.